The quantitative estimate of drug-likeness (QED) is 0.671. The number of aromatic amines is 1. The standard InChI is InChI=1S/C14H14N6/c15-14-18-12(11-7-17-20-13(11)19-14)16-6-9-5-8-3-1-2-4-10(8)9/h1-4,7,9H,5-6H2,(H4,15,16,17,18,19,20). The maximum absolute atomic E-state index is 5.70. The first-order chi connectivity index (χ1) is 9.81. The number of hydrogen-bond donors (Lipinski definition) is 3. The minimum absolute atomic E-state index is 0.248. The third-order valence-electron chi connectivity index (χ3n) is 3.80. The third kappa shape index (κ3) is 1.69. The molecule has 2 heterocycles. The Labute approximate surface area is 115 Å². The molecule has 1 aliphatic rings. The van der Waals surface area contributed by atoms with Crippen LogP contribution in [0.5, 0.6) is 0 Å². The summed E-state index contributed by atoms with van der Waals surface area (Å²) in [6.07, 6.45) is 2.82. The number of nitrogens with one attached hydrogen (secondary N) is 2. The van der Waals surface area contributed by atoms with E-state index in [9.17, 15) is 0 Å². The van der Waals surface area contributed by atoms with Crippen molar-refractivity contribution in [1.29, 1.82) is 0 Å². The molecule has 0 radical (unpaired) electrons. The highest BCUT2D eigenvalue weighted by molar-refractivity contribution is 5.86. The van der Waals surface area contributed by atoms with Crippen molar-refractivity contribution < 1.29 is 0 Å². The van der Waals surface area contributed by atoms with Crippen molar-refractivity contribution in [3.8, 4) is 0 Å². The zero-order chi connectivity index (χ0) is 13.5. The molecule has 20 heavy (non-hydrogen) atoms. The summed E-state index contributed by atoms with van der Waals surface area (Å²) in [5.74, 6) is 1.52. The number of benzene rings is 1. The molecule has 4 N–H and O–H groups in total. The van der Waals surface area contributed by atoms with E-state index < -0.39 is 0 Å². The van der Waals surface area contributed by atoms with E-state index in [-0.39, 0.29) is 5.95 Å². The fraction of sp³-hybridized carbons (Fsp3) is 0.214. The molecular formula is C14H14N6. The van der Waals surface area contributed by atoms with Crippen molar-refractivity contribution in [2.24, 2.45) is 0 Å². The fourth-order valence-electron chi connectivity index (χ4n) is 2.75. The Morgan fingerprint density at radius 1 is 1.30 bits per heavy atom. The number of H-pyrrole nitrogens is 1. The molecule has 100 valence electrons. The van der Waals surface area contributed by atoms with Crippen LogP contribution in [0.2, 0.25) is 0 Å². The van der Waals surface area contributed by atoms with Crippen molar-refractivity contribution in [1.82, 2.24) is 20.2 Å². The number of hydrogen-bond acceptors (Lipinski definition) is 5. The second-order valence-corrected chi connectivity index (χ2v) is 5.04. The van der Waals surface area contributed by atoms with Crippen molar-refractivity contribution in [2.45, 2.75) is 12.3 Å². The van der Waals surface area contributed by atoms with Crippen molar-refractivity contribution in [3.63, 3.8) is 0 Å². The van der Waals surface area contributed by atoms with Crippen LogP contribution in [0.15, 0.2) is 30.5 Å². The lowest BCUT2D eigenvalue weighted by atomic mass is 9.77. The van der Waals surface area contributed by atoms with Gasteiger partial charge in [-0.3, -0.25) is 5.10 Å². The zero-order valence-corrected chi connectivity index (χ0v) is 10.8. The molecule has 2 aromatic heterocycles. The minimum Gasteiger partial charge on any atom is -0.369 e. The molecule has 0 fully saturated rings. The summed E-state index contributed by atoms with van der Waals surface area (Å²) in [5, 5.41) is 11.0. The van der Waals surface area contributed by atoms with E-state index >= 15 is 0 Å². The van der Waals surface area contributed by atoms with E-state index in [2.05, 4.69) is 49.7 Å². The molecule has 0 bridgehead atoms. The van der Waals surface area contributed by atoms with Crippen LogP contribution >= 0.6 is 0 Å². The smallest absolute Gasteiger partial charge is 0.224 e. The lowest BCUT2D eigenvalue weighted by Gasteiger charge is -2.30. The maximum atomic E-state index is 5.70. The van der Waals surface area contributed by atoms with E-state index in [1.807, 2.05) is 0 Å². The largest absolute Gasteiger partial charge is 0.369 e. The SMILES string of the molecule is Nc1nc(NCC2Cc3ccccc32)c2cn[nH]c2n1. The third-order valence-corrected chi connectivity index (χ3v) is 3.80. The zero-order valence-electron chi connectivity index (χ0n) is 10.8. The number of aromatic nitrogens is 4. The molecule has 3 aromatic rings. The van der Waals surface area contributed by atoms with E-state index in [1.165, 1.54) is 11.1 Å². The van der Waals surface area contributed by atoms with Crippen molar-refractivity contribution >= 4 is 22.8 Å². The van der Waals surface area contributed by atoms with E-state index in [0.717, 1.165) is 24.2 Å². The first kappa shape index (κ1) is 11.2. The summed E-state index contributed by atoms with van der Waals surface area (Å²) in [6.45, 7) is 0.841. The first-order valence-corrected chi connectivity index (χ1v) is 6.59. The van der Waals surface area contributed by atoms with Crippen molar-refractivity contribution in [2.75, 3.05) is 17.6 Å². The lowest BCUT2D eigenvalue weighted by Crippen LogP contribution is -2.24. The number of anilines is 2. The van der Waals surface area contributed by atoms with Gasteiger partial charge >= 0.3 is 0 Å². The lowest BCUT2D eigenvalue weighted by molar-refractivity contribution is 0.635. The first-order valence-electron chi connectivity index (χ1n) is 6.59. The highest BCUT2D eigenvalue weighted by Gasteiger charge is 2.25. The second kappa shape index (κ2) is 4.19. The van der Waals surface area contributed by atoms with E-state index in [1.54, 1.807) is 6.20 Å². The normalized spacial score (nSPS) is 16.7. The molecule has 0 saturated heterocycles. The molecule has 1 aromatic carbocycles. The second-order valence-electron chi connectivity index (χ2n) is 5.04. The molecule has 0 aliphatic heterocycles. The van der Waals surface area contributed by atoms with Gasteiger partial charge in [0.2, 0.25) is 5.95 Å². The molecule has 1 aliphatic carbocycles. The topological polar surface area (TPSA) is 92.5 Å². The Bertz CT molecular complexity index is 778. The maximum Gasteiger partial charge on any atom is 0.224 e. The Morgan fingerprint density at radius 3 is 3.10 bits per heavy atom. The highest BCUT2D eigenvalue weighted by Crippen LogP contribution is 2.35. The molecule has 6 nitrogen and oxygen atoms in total. The highest BCUT2D eigenvalue weighted by atomic mass is 15.2. The van der Waals surface area contributed by atoms with Gasteiger partial charge in [0.1, 0.15) is 5.82 Å². The molecule has 6 heteroatoms. The average molecular weight is 266 g/mol. The average Bonchev–Trinajstić information content (AvgIpc) is 2.87. The monoisotopic (exact) mass is 266 g/mol. The summed E-state index contributed by atoms with van der Waals surface area (Å²) in [7, 11) is 0. The molecule has 0 spiro atoms. The van der Waals surface area contributed by atoms with Gasteiger partial charge in [0.15, 0.2) is 5.65 Å². The van der Waals surface area contributed by atoms with Crippen LogP contribution in [-0.4, -0.2) is 26.7 Å². The molecule has 0 amide bonds. The van der Waals surface area contributed by atoms with Crippen LogP contribution in [0.3, 0.4) is 0 Å². The Hall–Kier alpha value is -2.63. The summed E-state index contributed by atoms with van der Waals surface area (Å²) in [4.78, 5) is 8.36. The van der Waals surface area contributed by atoms with E-state index in [4.69, 9.17) is 5.73 Å². The van der Waals surface area contributed by atoms with Gasteiger partial charge in [0.05, 0.1) is 11.6 Å². The molecule has 1 unspecified atom stereocenters. The van der Waals surface area contributed by atoms with Crippen LogP contribution < -0.4 is 11.1 Å². The Morgan fingerprint density at radius 2 is 2.20 bits per heavy atom. The molecular weight excluding hydrogens is 252 g/mol. The predicted octanol–water partition coefficient (Wildman–Crippen LogP) is 1.69. The van der Waals surface area contributed by atoms with Crippen LogP contribution in [0.1, 0.15) is 17.0 Å². The van der Waals surface area contributed by atoms with Crippen LogP contribution in [0.4, 0.5) is 11.8 Å². The van der Waals surface area contributed by atoms with Gasteiger partial charge in [-0.15, -0.1) is 0 Å². The van der Waals surface area contributed by atoms with Gasteiger partial charge in [-0.1, -0.05) is 24.3 Å². The Balaban J connectivity index is 1.56. The summed E-state index contributed by atoms with van der Waals surface area (Å²) < 4.78 is 0. The molecule has 0 saturated carbocycles. The molecule has 4 rings (SSSR count). The number of fused-ring (bicyclic) bond motifs is 2. The van der Waals surface area contributed by atoms with Crippen LogP contribution in [-0.2, 0) is 6.42 Å². The minimum atomic E-state index is 0.248. The van der Waals surface area contributed by atoms with Crippen LogP contribution in [0, 0.1) is 0 Å². The summed E-state index contributed by atoms with van der Waals surface area (Å²) >= 11 is 0. The number of nitrogens with two attached hydrogens (primary N) is 1. The van der Waals surface area contributed by atoms with Gasteiger partial charge in [0.25, 0.3) is 0 Å². The summed E-state index contributed by atoms with van der Waals surface area (Å²) in [6, 6.07) is 8.54. The van der Waals surface area contributed by atoms with Crippen LogP contribution in [0.25, 0.3) is 11.0 Å². The summed E-state index contributed by atoms with van der Waals surface area (Å²) in [5.41, 5.74) is 9.23. The van der Waals surface area contributed by atoms with Gasteiger partial charge in [-0.05, 0) is 17.5 Å². The molecule has 1 atom stereocenters. The number of nitrogen functional groups attached to an aromatic ring is 1. The van der Waals surface area contributed by atoms with E-state index in [0.29, 0.717) is 11.6 Å². The predicted molar refractivity (Wildman–Crippen MR) is 77.5 cm³/mol. The number of nitrogens with zero attached hydrogens (tertiary/aromatic N) is 3. The van der Waals surface area contributed by atoms with Gasteiger partial charge in [0, 0.05) is 12.5 Å². The van der Waals surface area contributed by atoms with Gasteiger partial charge in [-0.2, -0.15) is 15.1 Å². The van der Waals surface area contributed by atoms with Gasteiger partial charge < -0.3 is 11.1 Å². The Kier molecular flexibility index (Phi) is 2.35. The van der Waals surface area contributed by atoms with Crippen molar-refractivity contribution in [3.05, 3.63) is 41.6 Å². The number of rotatable bonds is 3. The fourth-order valence-corrected chi connectivity index (χ4v) is 2.75. The van der Waals surface area contributed by atoms with Gasteiger partial charge in [-0.25, -0.2) is 0 Å².